The summed E-state index contributed by atoms with van der Waals surface area (Å²) in [5.41, 5.74) is 1.25. The van der Waals surface area contributed by atoms with Crippen molar-refractivity contribution in [1.82, 2.24) is 15.2 Å². The third kappa shape index (κ3) is 4.53. The van der Waals surface area contributed by atoms with E-state index >= 15 is 0 Å². The number of hydrogen-bond donors (Lipinski definition) is 2. The number of aromatic nitrogens is 1. The Labute approximate surface area is 109 Å². The Bertz CT molecular complexity index is 393. The Morgan fingerprint density at radius 2 is 2.28 bits per heavy atom. The van der Waals surface area contributed by atoms with Crippen molar-refractivity contribution in [3.05, 3.63) is 24.0 Å². The molecule has 1 aliphatic carbocycles. The molecule has 1 saturated carbocycles. The largest absolute Gasteiger partial charge is 0.354 e. The first kappa shape index (κ1) is 13.1. The van der Waals surface area contributed by atoms with Crippen molar-refractivity contribution < 1.29 is 4.79 Å². The molecule has 0 bridgehead atoms. The van der Waals surface area contributed by atoms with E-state index in [1.54, 1.807) is 0 Å². The molecule has 1 amide bonds. The number of carbonyl (C=O) groups is 1. The lowest BCUT2D eigenvalue weighted by atomic mass is 10.2. The Kier molecular flexibility index (Phi) is 4.42. The van der Waals surface area contributed by atoms with E-state index in [-0.39, 0.29) is 5.91 Å². The number of hydrogen-bond acceptors (Lipinski definition) is 2. The Morgan fingerprint density at radius 1 is 1.50 bits per heavy atom. The summed E-state index contributed by atoms with van der Waals surface area (Å²) in [7, 11) is 0. The van der Waals surface area contributed by atoms with Crippen LogP contribution in [0, 0.1) is 5.92 Å². The van der Waals surface area contributed by atoms with Crippen molar-refractivity contribution in [3.8, 4) is 0 Å². The average Bonchev–Trinajstić information content (AvgIpc) is 3.05. The van der Waals surface area contributed by atoms with Crippen molar-refractivity contribution in [3.63, 3.8) is 0 Å². The van der Waals surface area contributed by atoms with Gasteiger partial charge in [0.1, 0.15) is 6.54 Å². The molecular formula is C14H23N3O. The van der Waals surface area contributed by atoms with Gasteiger partial charge in [-0.15, -0.1) is 0 Å². The SMILES string of the molecule is CC(C)CNC(=O)Cn1ccc(CNC2CC2)c1. The molecule has 1 aromatic rings. The molecule has 2 rings (SSSR count). The standard InChI is InChI=1S/C14H23N3O/c1-11(2)7-16-14(18)10-17-6-5-12(9-17)8-15-13-3-4-13/h5-6,9,11,13,15H,3-4,7-8,10H2,1-2H3,(H,16,18). The zero-order valence-corrected chi connectivity index (χ0v) is 11.3. The van der Waals surface area contributed by atoms with Gasteiger partial charge in [-0.3, -0.25) is 4.79 Å². The van der Waals surface area contributed by atoms with E-state index in [0.29, 0.717) is 12.5 Å². The van der Waals surface area contributed by atoms with Crippen molar-refractivity contribution in [2.24, 2.45) is 5.92 Å². The highest BCUT2D eigenvalue weighted by Crippen LogP contribution is 2.19. The molecule has 2 N–H and O–H groups in total. The van der Waals surface area contributed by atoms with Crippen LogP contribution in [-0.4, -0.2) is 23.1 Å². The third-order valence-corrected chi connectivity index (χ3v) is 3.02. The Hall–Kier alpha value is -1.29. The van der Waals surface area contributed by atoms with E-state index in [2.05, 4.69) is 30.5 Å². The van der Waals surface area contributed by atoms with E-state index in [1.165, 1.54) is 18.4 Å². The molecule has 0 spiro atoms. The second kappa shape index (κ2) is 6.05. The van der Waals surface area contributed by atoms with Gasteiger partial charge in [-0.2, -0.15) is 0 Å². The van der Waals surface area contributed by atoms with Gasteiger partial charge in [0.2, 0.25) is 5.91 Å². The fourth-order valence-electron chi connectivity index (χ4n) is 1.78. The fraction of sp³-hybridized carbons (Fsp3) is 0.643. The summed E-state index contributed by atoms with van der Waals surface area (Å²) in [6.07, 6.45) is 6.62. The van der Waals surface area contributed by atoms with Gasteiger partial charge >= 0.3 is 0 Å². The summed E-state index contributed by atoms with van der Waals surface area (Å²) in [5, 5.41) is 6.39. The molecule has 100 valence electrons. The van der Waals surface area contributed by atoms with Crippen LogP contribution >= 0.6 is 0 Å². The van der Waals surface area contributed by atoms with Crippen LogP contribution in [-0.2, 0) is 17.9 Å². The quantitative estimate of drug-likeness (QED) is 0.769. The van der Waals surface area contributed by atoms with Crippen LogP contribution in [0.5, 0.6) is 0 Å². The predicted molar refractivity (Wildman–Crippen MR) is 72.1 cm³/mol. The predicted octanol–water partition coefficient (Wildman–Crippen LogP) is 1.51. The summed E-state index contributed by atoms with van der Waals surface area (Å²) in [4.78, 5) is 11.7. The lowest BCUT2D eigenvalue weighted by Gasteiger charge is -2.08. The van der Waals surface area contributed by atoms with Gasteiger partial charge < -0.3 is 15.2 Å². The summed E-state index contributed by atoms with van der Waals surface area (Å²) in [5.74, 6) is 0.581. The van der Waals surface area contributed by atoms with Gasteiger partial charge in [-0.1, -0.05) is 13.8 Å². The van der Waals surface area contributed by atoms with Crippen LogP contribution in [0.15, 0.2) is 18.5 Å². The van der Waals surface area contributed by atoms with E-state index in [4.69, 9.17) is 0 Å². The number of amides is 1. The van der Waals surface area contributed by atoms with Crippen LogP contribution < -0.4 is 10.6 Å². The molecular weight excluding hydrogens is 226 g/mol. The maximum atomic E-state index is 11.7. The smallest absolute Gasteiger partial charge is 0.239 e. The molecule has 0 saturated heterocycles. The average molecular weight is 249 g/mol. The first-order valence-corrected chi connectivity index (χ1v) is 6.78. The molecule has 1 aliphatic rings. The Balaban J connectivity index is 1.72. The zero-order chi connectivity index (χ0) is 13.0. The number of nitrogens with zero attached hydrogens (tertiary/aromatic N) is 1. The van der Waals surface area contributed by atoms with E-state index in [1.807, 2.05) is 17.0 Å². The van der Waals surface area contributed by atoms with Crippen LogP contribution in [0.4, 0.5) is 0 Å². The van der Waals surface area contributed by atoms with Gasteiger partial charge in [0.05, 0.1) is 0 Å². The van der Waals surface area contributed by atoms with E-state index in [9.17, 15) is 4.79 Å². The lowest BCUT2D eigenvalue weighted by molar-refractivity contribution is -0.121. The molecule has 18 heavy (non-hydrogen) atoms. The second-order valence-corrected chi connectivity index (χ2v) is 5.55. The molecule has 1 heterocycles. The first-order valence-electron chi connectivity index (χ1n) is 6.78. The summed E-state index contributed by atoms with van der Waals surface area (Å²) < 4.78 is 1.94. The minimum Gasteiger partial charge on any atom is -0.354 e. The topological polar surface area (TPSA) is 46.1 Å². The van der Waals surface area contributed by atoms with Crippen molar-refractivity contribution in [2.75, 3.05) is 6.54 Å². The van der Waals surface area contributed by atoms with Crippen LogP contribution in [0.3, 0.4) is 0 Å². The fourth-order valence-corrected chi connectivity index (χ4v) is 1.78. The number of rotatable bonds is 7. The molecule has 1 fully saturated rings. The van der Waals surface area contributed by atoms with Crippen molar-refractivity contribution >= 4 is 5.91 Å². The summed E-state index contributed by atoms with van der Waals surface area (Å²) in [6.45, 7) is 6.26. The number of nitrogens with one attached hydrogen (secondary N) is 2. The van der Waals surface area contributed by atoms with Crippen molar-refractivity contribution in [1.29, 1.82) is 0 Å². The normalized spacial score (nSPS) is 15.1. The maximum Gasteiger partial charge on any atom is 0.239 e. The highest BCUT2D eigenvalue weighted by molar-refractivity contribution is 5.75. The van der Waals surface area contributed by atoms with Crippen LogP contribution in [0.2, 0.25) is 0 Å². The third-order valence-electron chi connectivity index (χ3n) is 3.02. The van der Waals surface area contributed by atoms with Crippen molar-refractivity contribution in [2.45, 2.75) is 45.8 Å². The van der Waals surface area contributed by atoms with Gasteiger partial charge in [-0.05, 0) is 30.4 Å². The first-order chi connectivity index (χ1) is 8.63. The monoisotopic (exact) mass is 249 g/mol. The van der Waals surface area contributed by atoms with Crippen LogP contribution in [0.1, 0.15) is 32.3 Å². The molecule has 0 atom stereocenters. The lowest BCUT2D eigenvalue weighted by Crippen LogP contribution is -2.30. The molecule has 0 aromatic carbocycles. The van der Waals surface area contributed by atoms with Gasteiger partial charge in [0.15, 0.2) is 0 Å². The molecule has 4 nitrogen and oxygen atoms in total. The Morgan fingerprint density at radius 3 is 2.94 bits per heavy atom. The molecule has 1 aromatic heterocycles. The summed E-state index contributed by atoms with van der Waals surface area (Å²) >= 11 is 0. The van der Waals surface area contributed by atoms with Gasteiger partial charge in [-0.25, -0.2) is 0 Å². The zero-order valence-electron chi connectivity index (χ0n) is 11.3. The summed E-state index contributed by atoms with van der Waals surface area (Å²) in [6, 6.07) is 2.80. The maximum absolute atomic E-state index is 11.7. The highest BCUT2D eigenvalue weighted by Gasteiger charge is 2.19. The molecule has 0 radical (unpaired) electrons. The van der Waals surface area contributed by atoms with Gasteiger partial charge in [0.25, 0.3) is 0 Å². The van der Waals surface area contributed by atoms with E-state index < -0.39 is 0 Å². The van der Waals surface area contributed by atoms with Crippen LogP contribution in [0.25, 0.3) is 0 Å². The second-order valence-electron chi connectivity index (χ2n) is 5.55. The minimum atomic E-state index is 0.0843. The van der Waals surface area contributed by atoms with E-state index in [0.717, 1.165) is 19.1 Å². The number of carbonyl (C=O) groups excluding carboxylic acids is 1. The molecule has 0 unspecified atom stereocenters. The minimum absolute atomic E-state index is 0.0843. The van der Waals surface area contributed by atoms with Gasteiger partial charge in [0, 0.05) is 31.5 Å². The molecule has 0 aliphatic heterocycles. The molecule has 4 heteroatoms. The highest BCUT2D eigenvalue weighted by atomic mass is 16.1.